The van der Waals surface area contributed by atoms with Gasteiger partial charge in [0.15, 0.2) is 5.82 Å². The van der Waals surface area contributed by atoms with Crippen LogP contribution in [0, 0.1) is 0 Å². The van der Waals surface area contributed by atoms with Gasteiger partial charge in [0.25, 0.3) is 0 Å². The molecule has 0 bridgehead atoms. The molecule has 0 atom stereocenters. The maximum absolute atomic E-state index is 5.71. The molecule has 0 unspecified atom stereocenters. The Kier molecular flexibility index (Phi) is 2.75. The molecule has 2 heterocycles. The molecule has 5 nitrogen and oxygen atoms in total. The van der Waals surface area contributed by atoms with Gasteiger partial charge in [0.1, 0.15) is 5.82 Å². The summed E-state index contributed by atoms with van der Waals surface area (Å²) in [5, 5.41) is 0. The molecule has 5 heteroatoms. The SMILES string of the molecule is CC(C)(C)c1nc(N)nc(-c2cccnc2)n1. The molecule has 0 radical (unpaired) electrons. The van der Waals surface area contributed by atoms with Gasteiger partial charge >= 0.3 is 0 Å². The average Bonchev–Trinajstić information content (AvgIpc) is 2.28. The van der Waals surface area contributed by atoms with Gasteiger partial charge < -0.3 is 5.73 Å². The molecule has 2 N–H and O–H groups in total. The van der Waals surface area contributed by atoms with Crippen molar-refractivity contribution < 1.29 is 0 Å². The van der Waals surface area contributed by atoms with E-state index in [1.807, 2.05) is 32.9 Å². The number of rotatable bonds is 1. The second-order valence-electron chi connectivity index (χ2n) is 4.83. The van der Waals surface area contributed by atoms with Crippen LogP contribution in [-0.2, 0) is 5.41 Å². The predicted molar refractivity (Wildman–Crippen MR) is 66.2 cm³/mol. The van der Waals surface area contributed by atoms with E-state index < -0.39 is 0 Å². The standard InChI is InChI=1S/C12H15N5/c1-12(2,3)10-15-9(16-11(13)17-10)8-5-4-6-14-7-8/h4-7H,1-3H3,(H2,13,15,16,17). The molecule has 2 aromatic rings. The first-order chi connectivity index (χ1) is 7.97. The van der Waals surface area contributed by atoms with Crippen molar-refractivity contribution in [3.63, 3.8) is 0 Å². The molecule has 0 aromatic carbocycles. The van der Waals surface area contributed by atoms with E-state index in [4.69, 9.17) is 5.73 Å². The quantitative estimate of drug-likeness (QED) is 0.807. The first-order valence-corrected chi connectivity index (χ1v) is 5.39. The molecule has 0 amide bonds. The molecule has 0 aliphatic carbocycles. The van der Waals surface area contributed by atoms with E-state index in [2.05, 4.69) is 19.9 Å². The lowest BCUT2D eigenvalue weighted by atomic mass is 9.96. The largest absolute Gasteiger partial charge is 0.368 e. The smallest absolute Gasteiger partial charge is 0.223 e. The highest BCUT2D eigenvalue weighted by Gasteiger charge is 2.19. The summed E-state index contributed by atoms with van der Waals surface area (Å²) in [5.74, 6) is 1.49. The van der Waals surface area contributed by atoms with Crippen molar-refractivity contribution in [3.05, 3.63) is 30.4 Å². The second kappa shape index (κ2) is 4.08. The molecule has 0 saturated carbocycles. The Balaban J connectivity index is 2.54. The number of hydrogen-bond acceptors (Lipinski definition) is 5. The molecule has 0 saturated heterocycles. The van der Waals surface area contributed by atoms with Gasteiger partial charge in [-0.25, -0.2) is 4.98 Å². The van der Waals surface area contributed by atoms with Gasteiger partial charge in [-0.2, -0.15) is 9.97 Å². The molecule has 0 fully saturated rings. The van der Waals surface area contributed by atoms with E-state index in [1.165, 1.54) is 0 Å². The van der Waals surface area contributed by atoms with E-state index in [0.717, 1.165) is 5.56 Å². The van der Waals surface area contributed by atoms with E-state index in [9.17, 15) is 0 Å². The van der Waals surface area contributed by atoms with Gasteiger partial charge in [-0.05, 0) is 12.1 Å². The molecule has 0 spiro atoms. The third-order valence-electron chi connectivity index (χ3n) is 2.24. The van der Waals surface area contributed by atoms with Crippen molar-refractivity contribution in [2.24, 2.45) is 0 Å². The van der Waals surface area contributed by atoms with Crippen LogP contribution in [0.3, 0.4) is 0 Å². The maximum Gasteiger partial charge on any atom is 0.223 e. The Morgan fingerprint density at radius 3 is 2.47 bits per heavy atom. The van der Waals surface area contributed by atoms with Crippen LogP contribution >= 0.6 is 0 Å². The number of anilines is 1. The first-order valence-electron chi connectivity index (χ1n) is 5.39. The molecular formula is C12H15N5. The van der Waals surface area contributed by atoms with Crippen molar-refractivity contribution in [3.8, 4) is 11.4 Å². The molecule has 0 aliphatic heterocycles. The van der Waals surface area contributed by atoms with E-state index in [1.54, 1.807) is 12.4 Å². The fourth-order valence-electron chi connectivity index (χ4n) is 1.35. The Labute approximate surface area is 100 Å². The van der Waals surface area contributed by atoms with Gasteiger partial charge in [-0.1, -0.05) is 20.8 Å². The lowest BCUT2D eigenvalue weighted by Crippen LogP contribution is -2.18. The molecule has 2 aromatic heterocycles. The molecule has 17 heavy (non-hydrogen) atoms. The average molecular weight is 229 g/mol. The van der Waals surface area contributed by atoms with Crippen LogP contribution in [0.1, 0.15) is 26.6 Å². The summed E-state index contributed by atoms with van der Waals surface area (Å²) in [6.07, 6.45) is 3.42. The third-order valence-corrected chi connectivity index (χ3v) is 2.24. The number of aromatic nitrogens is 4. The van der Waals surface area contributed by atoms with Crippen LogP contribution in [0.25, 0.3) is 11.4 Å². The van der Waals surface area contributed by atoms with Crippen LogP contribution in [0.2, 0.25) is 0 Å². The Hall–Kier alpha value is -2.04. The third kappa shape index (κ3) is 2.55. The zero-order chi connectivity index (χ0) is 12.5. The monoisotopic (exact) mass is 229 g/mol. The van der Waals surface area contributed by atoms with E-state index in [-0.39, 0.29) is 11.4 Å². The van der Waals surface area contributed by atoms with Crippen molar-refractivity contribution in [2.75, 3.05) is 5.73 Å². The molecule has 88 valence electrons. The Bertz CT molecular complexity index is 516. The van der Waals surface area contributed by atoms with Crippen molar-refractivity contribution >= 4 is 5.95 Å². The van der Waals surface area contributed by atoms with Crippen molar-refractivity contribution in [1.82, 2.24) is 19.9 Å². The minimum absolute atomic E-state index is 0.159. The predicted octanol–water partition coefficient (Wildman–Crippen LogP) is 1.81. The van der Waals surface area contributed by atoms with Crippen LogP contribution in [0.4, 0.5) is 5.95 Å². The number of nitrogens with zero attached hydrogens (tertiary/aromatic N) is 4. The van der Waals surface area contributed by atoms with Crippen LogP contribution < -0.4 is 5.73 Å². The lowest BCUT2D eigenvalue weighted by Gasteiger charge is -2.17. The zero-order valence-corrected chi connectivity index (χ0v) is 10.2. The van der Waals surface area contributed by atoms with Crippen LogP contribution in [0.15, 0.2) is 24.5 Å². The number of pyridine rings is 1. The summed E-state index contributed by atoms with van der Waals surface area (Å²) in [6, 6.07) is 3.74. The zero-order valence-electron chi connectivity index (χ0n) is 10.2. The van der Waals surface area contributed by atoms with Gasteiger partial charge in [0.2, 0.25) is 5.95 Å². The van der Waals surface area contributed by atoms with Gasteiger partial charge in [-0.3, -0.25) is 4.98 Å². The highest BCUT2D eigenvalue weighted by Crippen LogP contribution is 2.21. The fourth-order valence-corrected chi connectivity index (χ4v) is 1.35. The normalized spacial score (nSPS) is 11.5. The van der Waals surface area contributed by atoms with Gasteiger partial charge in [-0.15, -0.1) is 0 Å². The van der Waals surface area contributed by atoms with Gasteiger partial charge in [0.05, 0.1) is 0 Å². The summed E-state index contributed by atoms with van der Waals surface area (Å²) in [6.45, 7) is 6.11. The Morgan fingerprint density at radius 2 is 1.88 bits per heavy atom. The van der Waals surface area contributed by atoms with Gasteiger partial charge in [0, 0.05) is 23.4 Å². The number of hydrogen-bond donors (Lipinski definition) is 1. The van der Waals surface area contributed by atoms with Crippen molar-refractivity contribution in [2.45, 2.75) is 26.2 Å². The Morgan fingerprint density at radius 1 is 1.12 bits per heavy atom. The summed E-state index contributed by atoms with van der Waals surface area (Å²) < 4.78 is 0. The minimum Gasteiger partial charge on any atom is -0.368 e. The van der Waals surface area contributed by atoms with Crippen LogP contribution in [-0.4, -0.2) is 19.9 Å². The second-order valence-corrected chi connectivity index (χ2v) is 4.83. The summed E-state index contributed by atoms with van der Waals surface area (Å²) in [4.78, 5) is 16.8. The fraction of sp³-hybridized carbons (Fsp3) is 0.333. The maximum atomic E-state index is 5.71. The minimum atomic E-state index is -0.159. The van der Waals surface area contributed by atoms with Crippen LogP contribution in [0.5, 0.6) is 0 Å². The molecular weight excluding hydrogens is 214 g/mol. The summed E-state index contributed by atoms with van der Waals surface area (Å²) >= 11 is 0. The first kappa shape index (κ1) is 11.4. The number of nitrogens with two attached hydrogens (primary N) is 1. The summed E-state index contributed by atoms with van der Waals surface area (Å²) in [7, 11) is 0. The molecule has 0 aliphatic rings. The molecule has 2 rings (SSSR count). The highest BCUT2D eigenvalue weighted by molar-refractivity contribution is 5.54. The summed E-state index contributed by atoms with van der Waals surface area (Å²) in [5.41, 5.74) is 6.39. The number of nitrogen functional groups attached to an aromatic ring is 1. The van der Waals surface area contributed by atoms with E-state index in [0.29, 0.717) is 11.6 Å². The van der Waals surface area contributed by atoms with E-state index >= 15 is 0 Å². The van der Waals surface area contributed by atoms with Crippen molar-refractivity contribution in [1.29, 1.82) is 0 Å². The topological polar surface area (TPSA) is 77.6 Å². The highest BCUT2D eigenvalue weighted by atomic mass is 15.1. The lowest BCUT2D eigenvalue weighted by molar-refractivity contribution is 0.544.